The van der Waals surface area contributed by atoms with Crippen LogP contribution in [-0.4, -0.2) is 41.4 Å². The molecule has 0 aliphatic carbocycles. The van der Waals surface area contributed by atoms with Gasteiger partial charge in [0.2, 0.25) is 5.91 Å². The summed E-state index contributed by atoms with van der Waals surface area (Å²) in [7, 11) is 1.82. The first-order chi connectivity index (χ1) is 11.0. The molecule has 7 heteroatoms. The van der Waals surface area contributed by atoms with E-state index < -0.39 is 12.1 Å². The zero-order valence-corrected chi connectivity index (χ0v) is 12.9. The Morgan fingerprint density at radius 1 is 1.39 bits per heavy atom. The third-order valence-corrected chi connectivity index (χ3v) is 4.29. The third kappa shape index (κ3) is 2.39. The molecule has 7 N–H and O–H groups in total. The summed E-state index contributed by atoms with van der Waals surface area (Å²) in [6.45, 7) is 0.336. The van der Waals surface area contributed by atoms with Gasteiger partial charge < -0.3 is 31.8 Å². The minimum atomic E-state index is -0.617. The van der Waals surface area contributed by atoms with Crippen LogP contribution in [0.25, 0.3) is 17.0 Å². The van der Waals surface area contributed by atoms with E-state index in [1.54, 1.807) is 6.08 Å². The minimum absolute atomic E-state index is 0.112. The topological polar surface area (TPSA) is 124 Å². The Kier molecular flexibility index (Phi) is 3.85. The second-order valence-electron chi connectivity index (χ2n) is 5.83. The van der Waals surface area contributed by atoms with Gasteiger partial charge in [-0.2, -0.15) is 0 Å². The number of nitrogens with two attached hydrogens (primary N) is 3. The Hall–Kier alpha value is -2.35. The number of carbonyl (C=O) groups excluding carboxylic acids is 1. The first kappa shape index (κ1) is 15.5. The molecule has 1 aliphatic heterocycles. The van der Waals surface area contributed by atoms with Crippen LogP contribution in [0, 0.1) is 0 Å². The van der Waals surface area contributed by atoms with Gasteiger partial charge in [-0.3, -0.25) is 4.79 Å². The van der Waals surface area contributed by atoms with E-state index in [1.165, 1.54) is 0 Å². The summed E-state index contributed by atoms with van der Waals surface area (Å²) in [6, 6.07) is 7.45. The zero-order chi connectivity index (χ0) is 16.7. The van der Waals surface area contributed by atoms with Gasteiger partial charge in [0.1, 0.15) is 12.0 Å². The van der Waals surface area contributed by atoms with E-state index in [1.807, 2.05) is 40.8 Å². The minimum Gasteiger partial charge on any atom is -0.395 e. The predicted molar refractivity (Wildman–Crippen MR) is 90.5 cm³/mol. The van der Waals surface area contributed by atoms with Crippen LogP contribution in [0.4, 0.5) is 5.82 Å². The lowest BCUT2D eigenvalue weighted by molar-refractivity contribution is -0.114. The van der Waals surface area contributed by atoms with Crippen molar-refractivity contribution < 1.29 is 9.90 Å². The number of aliphatic hydroxyl groups excluding tert-OH is 1. The molecule has 1 aliphatic rings. The lowest BCUT2D eigenvalue weighted by atomic mass is 10.0. The van der Waals surface area contributed by atoms with Gasteiger partial charge >= 0.3 is 0 Å². The van der Waals surface area contributed by atoms with Gasteiger partial charge in [-0.15, -0.1) is 0 Å². The number of anilines is 1. The number of rotatable bonds is 4. The van der Waals surface area contributed by atoms with Gasteiger partial charge in [0, 0.05) is 30.6 Å². The van der Waals surface area contributed by atoms with Crippen molar-refractivity contribution in [2.45, 2.75) is 18.8 Å². The van der Waals surface area contributed by atoms with Crippen molar-refractivity contribution in [2.24, 2.45) is 17.2 Å². The molecule has 0 saturated carbocycles. The average molecular weight is 315 g/mol. The molecule has 0 fully saturated rings. The summed E-state index contributed by atoms with van der Waals surface area (Å²) in [5, 5.41) is 10.3. The quantitative estimate of drug-likeness (QED) is 0.609. The number of aromatic nitrogens is 1. The number of hydrogen-bond acceptors (Lipinski definition) is 5. The Bertz CT molecular complexity index is 795. The van der Waals surface area contributed by atoms with Crippen LogP contribution in [0.3, 0.4) is 0 Å². The van der Waals surface area contributed by atoms with Gasteiger partial charge in [-0.25, -0.2) is 0 Å². The van der Waals surface area contributed by atoms with E-state index in [9.17, 15) is 9.90 Å². The Morgan fingerprint density at radius 3 is 2.74 bits per heavy atom. The summed E-state index contributed by atoms with van der Waals surface area (Å²) >= 11 is 0. The number of nitrogens with zero attached hydrogens (tertiary/aromatic N) is 2. The first-order valence-corrected chi connectivity index (χ1v) is 7.43. The first-order valence-electron chi connectivity index (χ1n) is 7.43. The molecule has 0 spiro atoms. The van der Waals surface area contributed by atoms with Gasteiger partial charge in [-0.05, 0) is 12.1 Å². The fourth-order valence-corrected chi connectivity index (χ4v) is 3.11. The second-order valence-corrected chi connectivity index (χ2v) is 5.83. The number of carbonyl (C=O) groups is 1. The highest BCUT2D eigenvalue weighted by Crippen LogP contribution is 2.38. The molecule has 1 unspecified atom stereocenters. The molecule has 23 heavy (non-hydrogen) atoms. The van der Waals surface area contributed by atoms with E-state index in [0.717, 1.165) is 22.3 Å². The summed E-state index contributed by atoms with van der Waals surface area (Å²) < 4.78 is 2.03. The highest BCUT2D eigenvalue weighted by Gasteiger charge is 2.31. The maximum Gasteiger partial charge on any atom is 0.248 e. The normalized spacial score (nSPS) is 18.7. The molecule has 2 atom stereocenters. The van der Waals surface area contributed by atoms with Crippen LogP contribution in [-0.2, 0) is 11.3 Å². The molecule has 1 amide bonds. The largest absolute Gasteiger partial charge is 0.395 e. The van der Waals surface area contributed by atoms with E-state index in [4.69, 9.17) is 17.2 Å². The molecule has 0 radical (unpaired) electrons. The van der Waals surface area contributed by atoms with E-state index in [2.05, 4.69) is 0 Å². The molecular formula is C16H21N5O2. The highest BCUT2D eigenvalue weighted by atomic mass is 16.3. The smallest absolute Gasteiger partial charge is 0.248 e. The number of likely N-dealkylation sites (N-methyl/N-ethyl adjacent to an activating group) is 1. The van der Waals surface area contributed by atoms with Crippen LogP contribution in [0.15, 0.2) is 29.8 Å². The van der Waals surface area contributed by atoms with Crippen LogP contribution < -0.4 is 22.1 Å². The summed E-state index contributed by atoms with van der Waals surface area (Å²) in [5.74, 6) is 0.339. The van der Waals surface area contributed by atoms with Gasteiger partial charge in [0.25, 0.3) is 0 Å². The number of aliphatic hydroxyl groups is 1. The number of para-hydroxylation sites is 1. The van der Waals surface area contributed by atoms with Gasteiger partial charge in [0.15, 0.2) is 0 Å². The van der Waals surface area contributed by atoms with Crippen LogP contribution in [0.2, 0.25) is 0 Å². The number of benzene rings is 1. The molecule has 0 bridgehead atoms. The van der Waals surface area contributed by atoms with Crippen LogP contribution in [0.5, 0.6) is 0 Å². The number of hydrogen-bond donors (Lipinski definition) is 4. The zero-order valence-electron chi connectivity index (χ0n) is 12.9. The SMILES string of the molecule is CN1c2c(c3ccccc3n2C[C@@H](N)CO)C=C(C(N)=O)C1N. The van der Waals surface area contributed by atoms with Gasteiger partial charge in [0.05, 0.1) is 17.7 Å². The van der Waals surface area contributed by atoms with E-state index >= 15 is 0 Å². The Morgan fingerprint density at radius 2 is 2.09 bits per heavy atom. The summed E-state index contributed by atoms with van der Waals surface area (Å²) in [5.41, 5.74) is 19.8. The van der Waals surface area contributed by atoms with Crippen molar-refractivity contribution in [3.63, 3.8) is 0 Å². The molecular weight excluding hydrogens is 294 g/mol. The van der Waals surface area contributed by atoms with Crippen molar-refractivity contribution in [1.82, 2.24) is 4.57 Å². The number of fused-ring (bicyclic) bond motifs is 3. The van der Waals surface area contributed by atoms with E-state index in [-0.39, 0.29) is 12.6 Å². The molecule has 122 valence electrons. The molecule has 3 rings (SSSR count). The van der Waals surface area contributed by atoms with Crippen molar-refractivity contribution in [2.75, 3.05) is 18.6 Å². The van der Waals surface area contributed by atoms with Crippen molar-refractivity contribution in [3.8, 4) is 0 Å². The molecule has 7 nitrogen and oxygen atoms in total. The van der Waals surface area contributed by atoms with Crippen LogP contribution >= 0.6 is 0 Å². The van der Waals surface area contributed by atoms with Gasteiger partial charge in [-0.1, -0.05) is 18.2 Å². The molecule has 2 heterocycles. The monoisotopic (exact) mass is 315 g/mol. The fraction of sp³-hybridized carbons (Fsp3) is 0.312. The number of amides is 1. The Balaban J connectivity index is 2.29. The molecule has 1 aromatic carbocycles. The standard InChI is InChI=1S/C16H21N5O2/c1-20-14(18)12(15(19)23)6-11-10-4-2-3-5-13(10)21(16(11)20)7-9(17)8-22/h2-6,9,14,22H,7-8,17-18H2,1H3,(H2,19,23)/t9-,14?/m1/s1. The molecule has 2 aromatic rings. The number of primary amides is 1. The van der Waals surface area contributed by atoms with E-state index in [0.29, 0.717) is 12.1 Å². The predicted octanol–water partition coefficient (Wildman–Crippen LogP) is -0.436. The summed E-state index contributed by atoms with van der Waals surface area (Å²) in [6.07, 6.45) is 1.14. The highest BCUT2D eigenvalue weighted by molar-refractivity contribution is 6.06. The average Bonchev–Trinajstić information content (AvgIpc) is 2.84. The van der Waals surface area contributed by atoms with Crippen molar-refractivity contribution in [3.05, 3.63) is 35.4 Å². The second kappa shape index (κ2) is 5.69. The van der Waals surface area contributed by atoms with Crippen molar-refractivity contribution >= 4 is 28.7 Å². The maximum absolute atomic E-state index is 11.7. The lowest BCUT2D eigenvalue weighted by Crippen LogP contribution is -2.47. The lowest BCUT2D eigenvalue weighted by Gasteiger charge is -2.33. The third-order valence-electron chi connectivity index (χ3n) is 4.29. The maximum atomic E-state index is 11.7. The summed E-state index contributed by atoms with van der Waals surface area (Å²) in [4.78, 5) is 13.5. The molecule has 1 aromatic heterocycles. The van der Waals surface area contributed by atoms with Crippen molar-refractivity contribution in [1.29, 1.82) is 0 Å². The Labute approximate surface area is 133 Å². The fourth-order valence-electron chi connectivity index (χ4n) is 3.11. The molecule has 0 saturated heterocycles. The van der Waals surface area contributed by atoms with Crippen LogP contribution in [0.1, 0.15) is 5.56 Å².